The number of carboxylic acids is 1. The highest BCUT2D eigenvalue weighted by Gasteiger charge is 2.14. The van der Waals surface area contributed by atoms with Gasteiger partial charge in [-0.05, 0) is 18.2 Å². The van der Waals surface area contributed by atoms with Gasteiger partial charge in [0.25, 0.3) is 0 Å². The zero-order chi connectivity index (χ0) is 11.7. The van der Waals surface area contributed by atoms with Crippen molar-refractivity contribution < 1.29 is 14.3 Å². The van der Waals surface area contributed by atoms with Crippen LogP contribution in [-0.4, -0.2) is 16.1 Å². The maximum atomic E-state index is 10.6. The summed E-state index contributed by atoms with van der Waals surface area (Å²) in [6.07, 6.45) is 1.13. The van der Waals surface area contributed by atoms with Gasteiger partial charge in [0, 0.05) is 5.02 Å². The third-order valence-electron chi connectivity index (χ3n) is 1.88. The molecule has 0 aliphatic heterocycles. The van der Waals surface area contributed by atoms with Gasteiger partial charge in [0.2, 0.25) is 11.7 Å². The first kappa shape index (κ1) is 11.0. The molecule has 0 bridgehead atoms. The van der Waals surface area contributed by atoms with E-state index in [9.17, 15) is 4.79 Å². The molecule has 2 rings (SSSR count). The first-order valence-electron chi connectivity index (χ1n) is 4.22. The number of benzene rings is 1. The summed E-state index contributed by atoms with van der Waals surface area (Å²) < 4.78 is 5.01. The van der Waals surface area contributed by atoms with Crippen LogP contribution in [0.15, 0.2) is 28.8 Å². The number of aromatic nitrogens is 1. The van der Waals surface area contributed by atoms with E-state index in [0.29, 0.717) is 15.6 Å². The number of aromatic carboxylic acids is 1. The standard InChI is InChI=1S/C10H5Cl2NO3/c11-5-1-2-6(7(12)3-5)9-13-4-8(16-9)10(14)15/h1-4H,(H,14,15). The Morgan fingerprint density at radius 2 is 2.12 bits per heavy atom. The van der Waals surface area contributed by atoms with Crippen LogP contribution in [0.1, 0.15) is 10.6 Å². The molecular weight excluding hydrogens is 253 g/mol. The molecule has 1 aromatic heterocycles. The van der Waals surface area contributed by atoms with Crippen LogP contribution in [0.3, 0.4) is 0 Å². The molecule has 0 saturated heterocycles. The molecule has 4 nitrogen and oxygen atoms in total. The number of carboxylic acid groups (broad SMARTS) is 1. The molecule has 82 valence electrons. The van der Waals surface area contributed by atoms with E-state index >= 15 is 0 Å². The summed E-state index contributed by atoms with van der Waals surface area (Å²) in [6.45, 7) is 0. The fourth-order valence-electron chi connectivity index (χ4n) is 1.16. The first-order chi connectivity index (χ1) is 7.58. The predicted molar refractivity (Wildman–Crippen MR) is 58.9 cm³/mol. The molecule has 0 amide bonds. The second-order valence-electron chi connectivity index (χ2n) is 2.96. The lowest BCUT2D eigenvalue weighted by atomic mass is 10.2. The number of rotatable bonds is 2. The highest BCUT2D eigenvalue weighted by atomic mass is 35.5. The first-order valence-corrected chi connectivity index (χ1v) is 4.98. The Kier molecular flexibility index (Phi) is 2.85. The Bertz CT molecular complexity index is 551. The van der Waals surface area contributed by atoms with Gasteiger partial charge in [-0.1, -0.05) is 23.2 Å². The van der Waals surface area contributed by atoms with Crippen molar-refractivity contribution in [1.82, 2.24) is 4.98 Å². The summed E-state index contributed by atoms with van der Waals surface area (Å²) in [5.74, 6) is -1.26. The van der Waals surface area contributed by atoms with Gasteiger partial charge in [0.05, 0.1) is 16.8 Å². The second-order valence-corrected chi connectivity index (χ2v) is 3.80. The Labute approximate surface area is 100 Å². The monoisotopic (exact) mass is 257 g/mol. The largest absolute Gasteiger partial charge is 0.475 e. The fourth-order valence-corrected chi connectivity index (χ4v) is 1.65. The molecule has 0 fully saturated rings. The van der Waals surface area contributed by atoms with Crippen LogP contribution in [0, 0.1) is 0 Å². The van der Waals surface area contributed by atoms with Gasteiger partial charge in [-0.15, -0.1) is 0 Å². The van der Waals surface area contributed by atoms with Gasteiger partial charge in [-0.2, -0.15) is 0 Å². The summed E-state index contributed by atoms with van der Waals surface area (Å²) >= 11 is 11.7. The topological polar surface area (TPSA) is 63.3 Å². The molecule has 1 heterocycles. The fraction of sp³-hybridized carbons (Fsp3) is 0. The van der Waals surface area contributed by atoms with E-state index in [1.54, 1.807) is 12.1 Å². The minimum atomic E-state index is -1.18. The molecule has 0 radical (unpaired) electrons. The van der Waals surface area contributed by atoms with Crippen molar-refractivity contribution in [3.63, 3.8) is 0 Å². The van der Waals surface area contributed by atoms with Crippen LogP contribution in [0.2, 0.25) is 10.0 Å². The lowest BCUT2D eigenvalue weighted by molar-refractivity contribution is 0.0663. The van der Waals surface area contributed by atoms with Crippen LogP contribution in [-0.2, 0) is 0 Å². The van der Waals surface area contributed by atoms with Crippen molar-refractivity contribution in [2.75, 3.05) is 0 Å². The molecule has 0 unspecified atom stereocenters. The third kappa shape index (κ3) is 2.03. The number of hydrogen-bond acceptors (Lipinski definition) is 3. The average molecular weight is 258 g/mol. The molecule has 1 aromatic carbocycles. The van der Waals surface area contributed by atoms with Gasteiger partial charge in [-0.25, -0.2) is 9.78 Å². The SMILES string of the molecule is O=C(O)c1cnc(-c2ccc(Cl)cc2Cl)o1. The van der Waals surface area contributed by atoms with E-state index in [4.69, 9.17) is 32.7 Å². The predicted octanol–water partition coefficient (Wildman–Crippen LogP) is 3.35. The van der Waals surface area contributed by atoms with E-state index in [-0.39, 0.29) is 11.7 Å². The molecule has 0 spiro atoms. The van der Waals surface area contributed by atoms with Crippen LogP contribution in [0.25, 0.3) is 11.5 Å². The van der Waals surface area contributed by atoms with E-state index < -0.39 is 5.97 Å². The highest BCUT2D eigenvalue weighted by Crippen LogP contribution is 2.29. The minimum Gasteiger partial charge on any atom is -0.475 e. The van der Waals surface area contributed by atoms with E-state index in [1.165, 1.54) is 6.07 Å². The van der Waals surface area contributed by atoms with Crippen molar-refractivity contribution in [3.05, 3.63) is 40.2 Å². The van der Waals surface area contributed by atoms with Gasteiger partial charge in [0.1, 0.15) is 0 Å². The minimum absolute atomic E-state index is 0.152. The van der Waals surface area contributed by atoms with Crippen LogP contribution in [0.4, 0.5) is 0 Å². The second kappa shape index (κ2) is 4.15. The lowest BCUT2D eigenvalue weighted by Gasteiger charge is -1.99. The number of hydrogen-bond donors (Lipinski definition) is 1. The van der Waals surface area contributed by atoms with Crippen molar-refractivity contribution >= 4 is 29.2 Å². The summed E-state index contributed by atoms with van der Waals surface area (Å²) in [6, 6.07) is 4.76. The molecular formula is C10H5Cl2NO3. The van der Waals surface area contributed by atoms with Crippen LogP contribution < -0.4 is 0 Å². The lowest BCUT2D eigenvalue weighted by Crippen LogP contribution is -1.91. The van der Waals surface area contributed by atoms with E-state index in [0.717, 1.165) is 6.20 Å². The molecule has 16 heavy (non-hydrogen) atoms. The Morgan fingerprint density at radius 1 is 1.38 bits per heavy atom. The summed E-state index contributed by atoms with van der Waals surface area (Å²) in [5, 5.41) is 9.51. The Morgan fingerprint density at radius 3 is 2.69 bits per heavy atom. The molecule has 6 heteroatoms. The van der Waals surface area contributed by atoms with Gasteiger partial charge < -0.3 is 9.52 Å². The number of nitrogens with zero attached hydrogens (tertiary/aromatic N) is 1. The normalized spacial score (nSPS) is 10.4. The van der Waals surface area contributed by atoms with Gasteiger partial charge in [0.15, 0.2) is 0 Å². The molecule has 0 aliphatic rings. The van der Waals surface area contributed by atoms with Crippen molar-refractivity contribution in [2.45, 2.75) is 0 Å². The molecule has 1 N–H and O–H groups in total. The van der Waals surface area contributed by atoms with Gasteiger partial charge >= 0.3 is 5.97 Å². The van der Waals surface area contributed by atoms with Crippen molar-refractivity contribution in [2.24, 2.45) is 0 Å². The number of oxazole rings is 1. The highest BCUT2D eigenvalue weighted by molar-refractivity contribution is 6.36. The number of carbonyl (C=O) groups is 1. The zero-order valence-electron chi connectivity index (χ0n) is 7.78. The van der Waals surface area contributed by atoms with Crippen LogP contribution >= 0.6 is 23.2 Å². The zero-order valence-corrected chi connectivity index (χ0v) is 9.29. The average Bonchev–Trinajstić information content (AvgIpc) is 2.66. The molecule has 0 atom stereocenters. The van der Waals surface area contributed by atoms with Crippen molar-refractivity contribution in [3.8, 4) is 11.5 Å². The Hall–Kier alpha value is -1.52. The van der Waals surface area contributed by atoms with Gasteiger partial charge in [-0.3, -0.25) is 0 Å². The summed E-state index contributed by atoms with van der Waals surface area (Å²) in [5.41, 5.74) is 0.499. The third-order valence-corrected chi connectivity index (χ3v) is 2.43. The molecule has 0 saturated carbocycles. The number of halogens is 2. The molecule has 0 aliphatic carbocycles. The van der Waals surface area contributed by atoms with Crippen LogP contribution in [0.5, 0.6) is 0 Å². The maximum absolute atomic E-state index is 10.6. The smallest absolute Gasteiger partial charge is 0.373 e. The van der Waals surface area contributed by atoms with E-state index in [1.807, 2.05) is 0 Å². The van der Waals surface area contributed by atoms with E-state index in [2.05, 4.69) is 4.98 Å². The molecule has 2 aromatic rings. The van der Waals surface area contributed by atoms with Crippen molar-refractivity contribution in [1.29, 1.82) is 0 Å². The summed E-state index contributed by atoms with van der Waals surface area (Å²) in [7, 11) is 0. The quantitative estimate of drug-likeness (QED) is 0.897. The maximum Gasteiger partial charge on any atom is 0.373 e. The summed E-state index contributed by atoms with van der Waals surface area (Å²) in [4.78, 5) is 14.4. The Balaban J connectivity index is 2.46.